The molecule has 1 heterocycles. The van der Waals surface area contributed by atoms with Gasteiger partial charge in [0.05, 0.1) is 0 Å². The summed E-state index contributed by atoms with van der Waals surface area (Å²) in [5.74, 6) is 0.630. The molecule has 4 nitrogen and oxygen atoms in total. The molecule has 2 rings (SSSR count). The van der Waals surface area contributed by atoms with E-state index < -0.39 is 0 Å². The van der Waals surface area contributed by atoms with Crippen LogP contribution in [0.1, 0.15) is 42.6 Å². The standard InChI is InChI=1S/C15H22N2O2/c1-17(15(19)14-4-2-3-10-16-14)13-7-5-12(6-8-13)9-11-18/h2-4,10,12-13,18H,5-9,11H2,1H3. The lowest BCUT2D eigenvalue weighted by molar-refractivity contribution is 0.0661. The van der Waals surface area contributed by atoms with Crippen LogP contribution in [0.2, 0.25) is 0 Å². The number of carbonyl (C=O) groups excluding carboxylic acids is 1. The molecule has 1 fully saturated rings. The highest BCUT2D eigenvalue weighted by Gasteiger charge is 2.27. The fourth-order valence-corrected chi connectivity index (χ4v) is 2.84. The zero-order valence-electron chi connectivity index (χ0n) is 11.5. The number of hydrogen-bond acceptors (Lipinski definition) is 3. The summed E-state index contributed by atoms with van der Waals surface area (Å²) in [7, 11) is 1.87. The van der Waals surface area contributed by atoms with Crippen molar-refractivity contribution in [2.75, 3.05) is 13.7 Å². The van der Waals surface area contributed by atoms with Crippen molar-refractivity contribution < 1.29 is 9.90 Å². The van der Waals surface area contributed by atoms with Gasteiger partial charge >= 0.3 is 0 Å². The van der Waals surface area contributed by atoms with E-state index in [1.807, 2.05) is 24.1 Å². The Bertz CT molecular complexity index is 400. The molecule has 1 saturated carbocycles. The van der Waals surface area contributed by atoms with Gasteiger partial charge in [0, 0.05) is 25.9 Å². The Kier molecular flexibility index (Phi) is 4.91. The Morgan fingerprint density at radius 3 is 2.68 bits per heavy atom. The second-order valence-corrected chi connectivity index (χ2v) is 5.32. The van der Waals surface area contributed by atoms with Crippen molar-refractivity contribution in [3.8, 4) is 0 Å². The zero-order chi connectivity index (χ0) is 13.7. The van der Waals surface area contributed by atoms with E-state index in [0.717, 1.165) is 32.1 Å². The van der Waals surface area contributed by atoms with Gasteiger partial charge in [-0.05, 0) is 50.2 Å². The van der Waals surface area contributed by atoms with Crippen LogP contribution in [0.15, 0.2) is 24.4 Å². The number of aromatic nitrogens is 1. The SMILES string of the molecule is CN(C(=O)c1ccccn1)C1CCC(CCO)CC1. The van der Waals surface area contributed by atoms with Crippen molar-refractivity contribution in [3.05, 3.63) is 30.1 Å². The summed E-state index contributed by atoms with van der Waals surface area (Å²) in [6.45, 7) is 0.276. The van der Waals surface area contributed by atoms with Gasteiger partial charge in [-0.3, -0.25) is 9.78 Å². The van der Waals surface area contributed by atoms with E-state index >= 15 is 0 Å². The van der Waals surface area contributed by atoms with E-state index in [2.05, 4.69) is 4.98 Å². The van der Waals surface area contributed by atoms with Crippen LogP contribution in [-0.4, -0.2) is 40.6 Å². The lowest BCUT2D eigenvalue weighted by atomic mass is 9.84. The summed E-state index contributed by atoms with van der Waals surface area (Å²) < 4.78 is 0. The first-order chi connectivity index (χ1) is 9.22. The Balaban J connectivity index is 1.91. The minimum absolute atomic E-state index is 0.00575. The van der Waals surface area contributed by atoms with Crippen LogP contribution in [0.4, 0.5) is 0 Å². The Hall–Kier alpha value is -1.42. The summed E-state index contributed by atoms with van der Waals surface area (Å²) in [5.41, 5.74) is 0.516. The van der Waals surface area contributed by atoms with Gasteiger partial charge in [-0.1, -0.05) is 6.07 Å². The maximum absolute atomic E-state index is 12.3. The van der Waals surface area contributed by atoms with Crippen molar-refractivity contribution in [1.82, 2.24) is 9.88 Å². The third kappa shape index (κ3) is 3.53. The van der Waals surface area contributed by atoms with Gasteiger partial charge in [-0.15, -0.1) is 0 Å². The molecule has 19 heavy (non-hydrogen) atoms. The van der Waals surface area contributed by atoms with Gasteiger partial charge in [0.2, 0.25) is 0 Å². The van der Waals surface area contributed by atoms with Crippen LogP contribution in [0.3, 0.4) is 0 Å². The third-order valence-electron chi connectivity index (χ3n) is 4.11. The van der Waals surface area contributed by atoms with Gasteiger partial charge in [0.15, 0.2) is 0 Å². The molecule has 0 aliphatic heterocycles. The summed E-state index contributed by atoms with van der Waals surface area (Å²) in [6, 6.07) is 5.73. The van der Waals surface area contributed by atoms with Crippen LogP contribution in [0.25, 0.3) is 0 Å². The third-order valence-corrected chi connectivity index (χ3v) is 4.11. The van der Waals surface area contributed by atoms with Crippen molar-refractivity contribution in [2.45, 2.75) is 38.1 Å². The van der Waals surface area contributed by atoms with E-state index in [9.17, 15) is 4.79 Å². The number of aliphatic hydroxyl groups is 1. The van der Waals surface area contributed by atoms with Crippen LogP contribution in [-0.2, 0) is 0 Å². The number of carbonyl (C=O) groups is 1. The first-order valence-electron chi connectivity index (χ1n) is 7.01. The van der Waals surface area contributed by atoms with Gasteiger partial charge in [-0.25, -0.2) is 0 Å². The zero-order valence-corrected chi connectivity index (χ0v) is 11.5. The largest absolute Gasteiger partial charge is 0.396 e. The monoisotopic (exact) mass is 262 g/mol. The first kappa shape index (κ1) is 14.0. The maximum Gasteiger partial charge on any atom is 0.272 e. The Labute approximate surface area is 114 Å². The fourth-order valence-electron chi connectivity index (χ4n) is 2.84. The van der Waals surface area contributed by atoms with E-state index in [4.69, 9.17) is 5.11 Å². The molecule has 0 saturated heterocycles. The summed E-state index contributed by atoms with van der Waals surface area (Å²) in [4.78, 5) is 18.2. The smallest absolute Gasteiger partial charge is 0.272 e. The predicted molar refractivity (Wildman–Crippen MR) is 73.8 cm³/mol. The van der Waals surface area contributed by atoms with Gasteiger partial charge in [-0.2, -0.15) is 0 Å². The highest BCUT2D eigenvalue weighted by molar-refractivity contribution is 5.92. The quantitative estimate of drug-likeness (QED) is 0.904. The molecule has 1 N–H and O–H groups in total. The van der Waals surface area contributed by atoms with Gasteiger partial charge in [0.25, 0.3) is 5.91 Å². The minimum atomic E-state index is 0.00575. The molecule has 0 spiro atoms. The first-order valence-corrected chi connectivity index (χ1v) is 7.01. The van der Waals surface area contributed by atoms with Gasteiger partial charge < -0.3 is 10.0 Å². The van der Waals surface area contributed by atoms with Crippen molar-refractivity contribution in [2.24, 2.45) is 5.92 Å². The number of hydrogen-bond donors (Lipinski definition) is 1. The summed E-state index contributed by atoms with van der Waals surface area (Å²) >= 11 is 0. The normalized spacial score (nSPS) is 23.1. The van der Waals surface area contributed by atoms with E-state index in [1.54, 1.807) is 12.3 Å². The Morgan fingerprint density at radius 2 is 2.11 bits per heavy atom. The highest BCUT2D eigenvalue weighted by Crippen LogP contribution is 2.29. The molecule has 1 aliphatic carbocycles. The molecule has 0 aromatic carbocycles. The second-order valence-electron chi connectivity index (χ2n) is 5.32. The molecule has 0 atom stereocenters. The number of amides is 1. The van der Waals surface area contributed by atoms with Crippen LogP contribution in [0, 0.1) is 5.92 Å². The van der Waals surface area contributed by atoms with Crippen LogP contribution in [0.5, 0.6) is 0 Å². The predicted octanol–water partition coefficient (Wildman–Crippen LogP) is 2.09. The van der Waals surface area contributed by atoms with Crippen molar-refractivity contribution in [3.63, 3.8) is 0 Å². The lowest BCUT2D eigenvalue weighted by Gasteiger charge is -2.34. The second kappa shape index (κ2) is 6.66. The molecule has 0 unspecified atom stereocenters. The molecule has 1 aromatic heterocycles. The summed E-state index contributed by atoms with van der Waals surface area (Å²) in [5, 5.41) is 8.96. The molecular weight excluding hydrogens is 240 g/mol. The topological polar surface area (TPSA) is 53.4 Å². The lowest BCUT2D eigenvalue weighted by Crippen LogP contribution is -2.39. The molecule has 0 bridgehead atoms. The highest BCUT2D eigenvalue weighted by atomic mass is 16.3. The molecule has 1 aromatic rings. The number of aliphatic hydroxyl groups excluding tert-OH is 1. The van der Waals surface area contributed by atoms with Crippen molar-refractivity contribution in [1.29, 1.82) is 0 Å². The maximum atomic E-state index is 12.3. The number of nitrogens with zero attached hydrogens (tertiary/aromatic N) is 2. The Morgan fingerprint density at radius 1 is 1.37 bits per heavy atom. The molecule has 4 heteroatoms. The average molecular weight is 262 g/mol. The van der Waals surface area contributed by atoms with E-state index in [-0.39, 0.29) is 12.5 Å². The number of rotatable bonds is 4. The fraction of sp³-hybridized carbons (Fsp3) is 0.600. The van der Waals surface area contributed by atoms with Crippen LogP contribution < -0.4 is 0 Å². The summed E-state index contributed by atoms with van der Waals surface area (Å²) in [6.07, 6.45) is 6.81. The van der Waals surface area contributed by atoms with E-state index in [1.165, 1.54) is 0 Å². The van der Waals surface area contributed by atoms with Crippen LogP contribution >= 0.6 is 0 Å². The number of pyridine rings is 1. The molecule has 104 valence electrons. The van der Waals surface area contributed by atoms with E-state index in [0.29, 0.717) is 17.7 Å². The van der Waals surface area contributed by atoms with Gasteiger partial charge in [0.1, 0.15) is 5.69 Å². The minimum Gasteiger partial charge on any atom is -0.396 e. The molecular formula is C15H22N2O2. The van der Waals surface area contributed by atoms with Crippen molar-refractivity contribution >= 4 is 5.91 Å². The molecule has 0 radical (unpaired) electrons. The average Bonchev–Trinajstić information content (AvgIpc) is 2.48. The molecule has 1 aliphatic rings. The molecule has 1 amide bonds.